The summed E-state index contributed by atoms with van der Waals surface area (Å²) in [6.45, 7) is 1.19. The smallest absolute Gasteiger partial charge is 0.176 e. The Bertz CT molecular complexity index is 842. The van der Waals surface area contributed by atoms with Gasteiger partial charge in [-0.15, -0.1) is 0 Å². The molecule has 0 unspecified atom stereocenters. The van der Waals surface area contributed by atoms with Crippen LogP contribution in [0.15, 0.2) is 53.2 Å². The van der Waals surface area contributed by atoms with Crippen LogP contribution in [-0.4, -0.2) is 36.0 Å². The van der Waals surface area contributed by atoms with Gasteiger partial charge in [-0.2, -0.15) is 0 Å². The van der Waals surface area contributed by atoms with Crippen LogP contribution < -0.4 is 0 Å². The number of benzene rings is 1. The Morgan fingerprint density at radius 2 is 2.08 bits per heavy atom. The van der Waals surface area contributed by atoms with Gasteiger partial charge in [0.05, 0.1) is 19.3 Å². The van der Waals surface area contributed by atoms with Gasteiger partial charge < -0.3 is 18.5 Å². The first kappa shape index (κ1) is 15.4. The van der Waals surface area contributed by atoms with Gasteiger partial charge in [-0.1, -0.05) is 23.7 Å². The summed E-state index contributed by atoms with van der Waals surface area (Å²) < 4.78 is 19.1. The first-order valence-electron chi connectivity index (χ1n) is 7.76. The van der Waals surface area contributed by atoms with E-state index in [0.717, 1.165) is 17.1 Å². The molecular formula is C18H17ClN2O3. The van der Waals surface area contributed by atoms with E-state index in [2.05, 4.69) is 9.55 Å². The summed E-state index contributed by atoms with van der Waals surface area (Å²) in [5, 5.41) is 0.679. The Morgan fingerprint density at radius 1 is 1.21 bits per heavy atom. The van der Waals surface area contributed by atoms with Gasteiger partial charge in [-0.3, -0.25) is 0 Å². The fourth-order valence-electron chi connectivity index (χ4n) is 3.03. The topological polar surface area (TPSA) is 49.4 Å². The molecule has 1 aliphatic heterocycles. The molecule has 0 aliphatic carbocycles. The SMILES string of the molecule is CO[C@H]1COC[C@@H]1n1ccnc1-c1ccc(-c2cccc(Cl)c2)o1. The number of halogens is 1. The first-order valence-corrected chi connectivity index (χ1v) is 8.13. The van der Waals surface area contributed by atoms with E-state index in [9.17, 15) is 0 Å². The summed E-state index contributed by atoms with van der Waals surface area (Å²) in [5.74, 6) is 2.23. The van der Waals surface area contributed by atoms with Crippen LogP contribution in [0.5, 0.6) is 0 Å². The largest absolute Gasteiger partial charge is 0.453 e. The molecule has 0 radical (unpaired) electrons. The van der Waals surface area contributed by atoms with Crippen molar-refractivity contribution in [1.82, 2.24) is 9.55 Å². The normalized spacial score (nSPS) is 20.6. The van der Waals surface area contributed by atoms with E-state index in [1.54, 1.807) is 13.3 Å². The number of aromatic nitrogens is 2. The highest BCUT2D eigenvalue weighted by Crippen LogP contribution is 2.32. The van der Waals surface area contributed by atoms with Crippen molar-refractivity contribution in [2.24, 2.45) is 0 Å². The number of nitrogens with zero attached hydrogens (tertiary/aromatic N) is 2. The van der Waals surface area contributed by atoms with Crippen LogP contribution in [0, 0.1) is 0 Å². The third-order valence-electron chi connectivity index (χ3n) is 4.26. The summed E-state index contributed by atoms with van der Waals surface area (Å²) in [6.07, 6.45) is 3.71. The first-order chi connectivity index (χ1) is 11.8. The lowest BCUT2D eigenvalue weighted by atomic mass is 10.2. The third-order valence-corrected chi connectivity index (χ3v) is 4.50. The van der Waals surface area contributed by atoms with Crippen LogP contribution in [-0.2, 0) is 9.47 Å². The predicted octanol–water partition coefficient (Wildman–Crippen LogP) is 4.05. The average Bonchev–Trinajstić information content (AvgIpc) is 3.32. The van der Waals surface area contributed by atoms with Crippen molar-refractivity contribution < 1.29 is 13.9 Å². The Morgan fingerprint density at radius 3 is 2.92 bits per heavy atom. The zero-order valence-corrected chi connectivity index (χ0v) is 13.9. The highest BCUT2D eigenvalue weighted by molar-refractivity contribution is 6.30. The molecule has 1 aromatic carbocycles. The highest BCUT2D eigenvalue weighted by Gasteiger charge is 2.31. The van der Waals surface area contributed by atoms with Crippen LogP contribution in [0.25, 0.3) is 22.9 Å². The van der Waals surface area contributed by atoms with E-state index in [1.165, 1.54) is 0 Å². The zero-order chi connectivity index (χ0) is 16.5. The lowest BCUT2D eigenvalue weighted by molar-refractivity contribution is 0.0687. The van der Waals surface area contributed by atoms with Gasteiger partial charge in [0.15, 0.2) is 11.6 Å². The summed E-state index contributed by atoms with van der Waals surface area (Å²) in [4.78, 5) is 4.46. The van der Waals surface area contributed by atoms with Crippen molar-refractivity contribution in [3.63, 3.8) is 0 Å². The van der Waals surface area contributed by atoms with Gasteiger partial charge in [-0.05, 0) is 24.3 Å². The van der Waals surface area contributed by atoms with E-state index in [4.69, 9.17) is 25.5 Å². The molecule has 0 bridgehead atoms. The van der Waals surface area contributed by atoms with E-state index in [1.807, 2.05) is 42.6 Å². The fourth-order valence-corrected chi connectivity index (χ4v) is 3.22. The third kappa shape index (κ3) is 2.75. The van der Waals surface area contributed by atoms with E-state index >= 15 is 0 Å². The molecule has 3 aromatic rings. The van der Waals surface area contributed by atoms with Crippen molar-refractivity contribution in [2.45, 2.75) is 12.1 Å². The molecule has 0 saturated carbocycles. The summed E-state index contributed by atoms with van der Waals surface area (Å²) >= 11 is 6.06. The molecule has 1 aliphatic rings. The molecule has 0 amide bonds. The quantitative estimate of drug-likeness (QED) is 0.716. The second-order valence-corrected chi connectivity index (χ2v) is 6.15. The standard InChI is InChI=1S/C18H17ClN2O3/c1-22-17-11-23-10-14(17)21-8-7-20-18(21)16-6-5-15(24-16)12-3-2-4-13(19)9-12/h2-9,14,17H,10-11H2,1H3/t14-,17-/m0/s1. The highest BCUT2D eigenvalue weighted by atomic mass is 35.5. The van der Waals surface area contributed by atoms with Gasteiger partial charge in [0.1, 0.15) is 11.9 Å². The predicted molar refractivity (Wildman–Crippen MR) is 91.0 cm³/mol. The van der Waals surface area contributed by atoms with Crippen molar-refractivity contribution in [2.75, 3.05) is 20.3 Å². The Hall–Kier alpha value is -2.08. The van der Waals surface area contributed by atoms with Gasteiger partial charge in [0.2, 0.25) is 0 Å². The van der Waals surface area contributed by atoms with Crippen LogP contribution in [0.2, 0.25) is 5.02 Å². The van der Waals surface area contributed by atoms with Crippen LogP contribution in [0.3, 0.4) is 0 Å². The maximum absolute atomic E-state index is 6.06. The van der Waals surface area contributed by atoms with Gasteiger partial charge in [-0.25, -0.2) is 4.98 Å². The minimum atomic E-state index is 0.0142. The molecular weight excluding hydrogens is 328 g/mol. The molecule has 5 nitrogen and oxygen atoms in total. The number of hydrogen-bond donors (Lipinski definition) is 0. The number of methoxy groups -OCH3 is 1. The lowest BCUT2D eigenvalue weighted by Gasteiger charge is -2.19. The maximum atomic E-state index is 6.06. The van der Waals surface area contributed by atoms with Gasteiger partial charge in [0.25, 0.3) is 0 Å². The molecule has 1 saturated heterocycles. The summed E-state index contributed by atoms with van der Waals surface area (Å²) in [5.41, 5.74) is 0.936. The van der Waals surface area contributed by atoms with E-state index < -0.39 is 0 Å². The van der Waals surface area contributed by atoms with Crippen molar-refractivity contribution in [3.8, 4) is 22.9 Å². The molecule has 3 heterocycles. The Labute approximate surface area is 144 Å². The molecule has 2 atom stereocenters. The Balaban J connectivity index is 1.68. The van der Waals surface area contributed by atoms with E-state index in [0.29, 0.717) is 24.0 Å². The van der Waals surface area contributed by atoms with Crippen molar-refractivity contribution in [1.29, 1.82) is 0 Å². The number of hydrogen-bond acceptors (Lipinski definition) is 4. The minimum Gasteiger partial charge on any atom is -0.453 e. The fraction of sp³-hybridized carbons (Fsp3) is 0.278. The second kappa shape index (κ2) is 6.43. The maximum Gasteiger partial charge on any atom is 0.176 e. The molecule has 24 heavy (non-hydrogen) atoms. The Kier molecular flexibility index (Phi) is 4.14. The molecule has 4 rings (SSSR count). The minimum absolute atomic E-state index is 0.0142. The second-order valence-electron chi connectivity index (χ2n) is 5.71. The molecule has 0 spiro atoms. The number of rotatable bonds is 4. The molecule has 0 N–H and O–H groups in total. The number of ether oxygens (including phenoxy) is 2. The summed E-state index contributed by atoms with van der Waals surface area (Å²) in [7, 11) is 1.70. The monoisotopic (exact) mass is 344 g/mol. The molecule has 2 aromatic heterocycles. The van der Waals surface area contributed by atoms with Gasteiger partial charge in [0, 0.05) is 30.1 Å². The van der Waals surface area contributed by atoms with Crippen molar-refractivity contribution >= 4 is 11.6 Å². The number of furan rings is 1. The molecule has 1 fully saturated rings. The van der Waals surface area contributed by atoms with Gasteiger partial charge >= 0.3 is 0 Å². The van der Waals surface area contributed by atoms with Crippen LogP contribution in [0.4, 0.5) is 0 Å². The van der Waals surface area contributed by atoms with Crippen LogP contribution >= 0.6 is 11.6 Å². The molecule has 6 heteroatoms. The summed E-state index contributed by atoms with van der Waals surface area (Å²) in [6, 6.07) is 11.5. The average molecular weight is 345 g/mol. The van der Waals surface area contributed by atoms with Crippen molar-refractivity contribution in [3.05, 3.63) is 53.8 Å². The van der Waals surface area contributed by atoms with E-state index in [-0.39, 0.29) is 12.1 Å². The zero-order valence-electron chi connectivity index (χ0n) is 13.2. The molecule has 124 valence electrons. The lowest BCUT2D eigenvalue weighted by Crippen LogP contribution is -2.24. The number of imidazole rings is 1. The van der Waals surface area contributed by atoms with Crippen LogP contribution in [0.1, 0.15) is 6.04 Å².